The molecule has 1 heterocycles. The van der Waals surface area contributed by atoms with Gasteiger partial charge in [-0.25, -0.2) is 0 Å². The molecule has 0 aromatic rings. The van der Waals surface area contributed by atoms with Gasteiger partial charge in [-0.3, -0.25) is 0 Å². The van der Waals surface area contributed by atoms with Crippen molar-refractivity contribution in [3.8, 4) is 0 Å². The van der Waals surface area contributed by atoms with Gasteiger partial charge in [0.25, 0.3) is 0 Å². The van der Waals surface area contributed by atoms with Gasteiger partial charge in [-0.15, -0.1) is 0 Å². The molecule has 0 radical (unpaired) electrons. The van der Waals surface area contributed by atoms with E-state index in [0.29, 0.717) is 0 Å². The standard InChI is InChI=1S/C4H5NO2/c6-4-2-1-3-5-7-4/h1-4,6H. The molecule has 0 bridgehead atoms. The summed E-state index contributed by atoms with van der Waals surface area (Å²) in [5.41, 5.74) is 0. The summed E-state index contributed by atoms with van der Waals surface area (Å²) in [6, 6.07) is 0. The van der Waals surface area contributed by atoms with E-state index in [0.717, 1.165) is 0 Å². The van der Waals surface area contributed by atoms with Crippen LogP contribution in [0.25, 0.3) is 0 Å². The van der Waals surface area contributed by atoms with Gasteiger partial charge < -0.3 is 9.94 Å². The van der Waals surface area contributed by atoms with Crippen molar-refractivity contribution in [3.05, 3.63) is 12.2 Å². The summed E-state index contributed by atoms with van der Waals surface area (Å²) in [4.78, 5) is 4.32. The maximum absolute atomic E-state index is 8.49. The molecule has 1 aliphatic rings. The fourth-order valence-corrected chi connectivity index (χ4v) is 0.313. The van der Waals surface area contributed by atoms with E-state index in [4.69, 9.17) is 5.11 Å². The minimum atomic E-state index is -0.843. The molecule has 0 aliphatic carbocycles. The van der Waals surface area contributed by atoms with Crippen LogP contribution in [-0.2, 0) is 4.84 Å². The Morgan fingerprint density at radius 1 is 1.71 bits per heavy atom. The molecule has 3 nitrogen and oxygen atoms in total. The van der Waals surface area contributed by atoms with Crippen molar-refractivity contribution >= 4 is 6.21 Å². The van der Waals surface area contributed by atoms with Crippen LogP contribution in [0.1, 0.15) is 0 Å². The number of aliphatic hydroxyl groups excluding tert-OH is 1. The zero-order chi connectivity index (χ0) is 5.11. The highest BCUT2D eigenvalue weighted by Crippen LogP contribution is 1.92. The maximum atomic E-state index is 8.49. The van der Waals surface area contributed by atoms with Gasteiger partial charge in [0.15, 0.2) is 0 Å². The first-order chi connectivity index (χ1) is 3.39. The van der Waals surface area contributed by atoms with E-state index in [1.165, 1.54) is 12.3 Å². The van der Waals surface area contributed by atoms with E-state index in [1.807, 2.05) is 0 Å². The molecule has 1 aliphatic heterocycles. The van der Waals surface area contributed by atoms with Crippen LogP contribution in [0.3, 0.4) is 0 Å². The SMILES string of the molecule is OC1C=CC=NO1. The summed E-state index contributed by atoms with van der Waals surface area (Å²) >= 11 is 0. The second-order valence-corrected chi connectivity index (χ2v) is 1.14. The van der Waals surface area contributed by atoms with E-state index >= 15 is 0 Å². The van der Waals surface area contributed by atoms with E-state index in [-0.39, 0.29) is 0 Å². The summed E-state index contributed by atoms with van der Waals surface area (Å²) in [6.07, 6.45) is 3.73. The fourth-order valence-electron chi connectivity index (χ4n) is 0.313. The number of hydrogen-bond acceptors (Lipinski definition) is 3. The molecule has 0 saturated heterocycles. The number of oxime groups is 1. The quantitative estimate of drug-likeness (QED) is 0.460. The third kappa shape index (κ3) is 1.01. The molecule has 1 unspecified atom stereocenters. The second kappa shape index (κ2) is 1.75. The number of hydrogen-bond donors (Lipinski definition) is 1. The van der Waals surface area contributed by atoms with Crippen LogP contribution in [-0.4, -0.2) is 17.6 Å². The van der Waals surface area contributed by atoms with Crippen LogP contribution in [0.15, 0.2) is 17.3 Å². The van der Waals surface area contributed by atoms with E-state index in [9.17, 15) is 0 Å². The molecule has 0 saturated carbocycles. The van der Waals surface area contributed by atoms with Gasteiger partial charge in [-0.05, 0) is 12.2 Å². The maximum Gasteiger partial charge on any atom is 0.244 e. The molecule has 3 heteroatoms. The highest BCUT2D eigenvalue weighted by molar-refractivity contribution is 5.70. The molecule has 7 heavy (non-hydrogen) atoms. The minimum Gasteiger partial charge on any atom is -0.359 e. The van der Waals surface area contributed by atoms with E-state index in [2.05, 4.69) is 9.99 Å². The average Bonchev–Trinajstić information content (AvgIpc) is 1.69. The van der Waals surface area contributed by atoms with Crippen LogP contribution < -0.4 is 0 Å². The number of nitrogens with zero attached hydrogens (tertiary/aromatic N) is 1. The van der Waals surface area contributed by atoms with Crippen LogP contribution in [0, 0.1) is 0 Å². The molecule has 1 atom stereocenters. The molecule has 0 aromatic heterocycles. The largest absolute Gasteiger partial charge is 0.359 e. The first-order valence-electron chi connectivity index (χ1n) is 1.93. The summed E-state index contributed by atoms with van der Waals surface area (Å²) in [7, 11) is 0. The Hall–Kier alpha value is -0.830. The van der Waals surface area contributed by atoms with Gasteiger partial charge in [-0.1, -0.05) is 5.16 Å². The summed E-state index contributed by atoms with van der Waals surface area (Å²) in [6.45, 7) is 0. The van der Waals surface area contributed by atoms with Crippen molar-refractivity contribution < 1.29 is 9.94 Å². The lowest BCUT2D eigenvalue weighted by Crippen LogP contribution is -2.06. The molecular weight excluding hydrogens is 94.0 g/mol. The highest BCUT2D eigenvalue weighted by Gasteiger charge is 1.96. The van der Waals surface area contributed by atoms with Crippen molar-refractivity contribution in [1.29, 1.82) is 0 Å². The van der Waals surface area contributed by atoms with Crippen molar-refractivity contribution in [2.75, 3.05) is 0 Å². The normalized spacial score (nSPS) is 27.3. The predicted molar refractivity (Wildman–Crippen MR) is 24.7 cm³/mol. The fraction of sp³-hybridized carbons (Fsp3) is 0.250. The lowest BCUT2D eigenvalue weighted by atomic mass is 10.5. The van der Waals surface area contributed by atoms with Crippen molar-refractivity contribution in [2.24, 2.45) is 5.16 Å². The topological polar surface area (TPSA) is 41.8 Å². The first-order valence-corrected chi connectivity index (χ1v) is 1.93. The Bertz CT molecular complexity index is 108. The van der Waals surface area contributed by atoms with Crippen molar-refractivity contribution in [3.63, 3.8) is 0 Å². The van der Waals surface area contributed by atoms with Gasteiger partial charge in [0.2, 0.25) is 6.29 Å². The average molecular weight is 99.1 g/mol. The Kier molecular flexibility index (Phi) is 1.08. The van der Waals surface area contributed by atoms with Crippen LogP contribution in [0.5, 0.6) is 0 Å². The van der Waals surface area contributed by atoms with Gasteiger partial charge in [0.05, 0.1) is 6.21 Å². The lowest BCUT2D eigenvalue weighted by molar-refractivity contribution is -0.0636. The van der Waals surface area contributed by atoms with Gasteiger partial charge in [0, 0.05) is 0 Å². The lowest BCUT2D eigenvalue weighted by Gasteiger charge is -2.03. The van der Waals surface area contributed by atoms with Gasteiger partial charge in [-0.2, -0.15) is 0 Å². The van der Waals surface area contributed by atoms with Gasteiger partial charge >= 0.3 is 0 Å². The third-order valence-corrected chi connectivity index (χ3v) is 0.592. The highest BCUT2D eigenvalue weighted by atomic mass is 16.7. The molecular formula is C4H5NO2. The molecule has 0 spiro atoms. The second-order valence-electron chi connectivity index (χ2n) is 1.14. The van der Waals surface area contributed by atoms with Crippen molar-refractivity contribution in [2.45, 2.75) is 6.29 Å². The molecule has 1 rings (SSSR count). The third-order valence-electron chi connectivity index (χ3n) is 0.592. The summed E-state index contributed by atoms with van der Waals surface area (Å²) < 4.78 is 0. The molecule has 38 valence electrons. The summed E-state index contributed by atoms with van der Waals surface area (Å²) in [5, 5.41) is 11.8. The van der Waals surface area contributed by atoms with E-state index in [1.54, 1.807) is 6.08 Å². The number of allylic oxidation sites excluding steroid dienone is 1. The van der Waals surface area contributed by atoms with Crippen LogP contribution in [0.4, 0.5) is 0 Å². The van der Waals surface area contributed by atoms with E-state index < -0.39 is 6.29 Å². The smallest absolute Gasteiger partial charge is 0.244 e. The molecule has 0 fully saturated rings. The minimum absolute atomic E-state index is 0.843. The monoisotopic (exact) mass is 99.0 g/mol. The van der Waals surface area contributed by atoms with Crippen molar-refractivity contribution in [1.82, 2.24) is 0 Å². The predicted octanol–water partition coefficient (Wildman–Crippen LogP) is -0.123. The Labute approximate surface area is 40.9 Å². The van der Waals surface area contributed by atoms with Crippen LogP contribution in [0.2, 0.25) is 0 Å². The Morgan fingerprint density at radius 3 is 2.86 bits per heavy atom. The van der Waals surface area contributed by atoms with Gasteiger partial charge in [0.1, 0.15) is 0 Å². The number of aliphatic hydroxyl groups is 1. The zero-order valence-corrected chi connectivity index (χ0v) is 3.61. The summed E-state index contributed by atoms with van der Waals surface area (Å²) in [5.74, 6) is 0. The molecule has 0 amide bonds. The number of rotatable bonds is 0. The first kappa shape index (κ1) is 4.33. The molecule has 0 aromatic carbocycles. The van der Waals surface area contributed by atoms with Crippen LogP contribution >= 0.6 is 0 Å². The Balaban J connectivity index is 2.49. The molecule has 1 N–H and O–H groups in total. The zero-order valence-electron chi connectivity index (χ0n) is 3.61. The Morgan fingerprint density at radius 2 is 2.57 bits per heavy atom.